The summed E-state index contributed by atoms with van der Waals surface area (Å²) in [5.74, 6) is 1.22. The van der Waals surface area contributed by atoms with Gasteiger partial charge in [0.1, 0.15) is 11.6 Å². The Hall–Kier alpha value is -2.40. The molecule has 2 N–H and O–H groups in total. The molecule has 0 amide bonds. The van der Waals surface area contributed by atoms with Crippen LogP contribution in [0.1, 0.15) is 17.9 Å². The minimum absolute atomic E-state index is 0.169. The molecular formula is C19H21FN4. The number of benzene rings is 1. The molecule has 5 heteroatoms. The summed E-state index contributed by atoms with van der Waals surface area (Å²) in [6.07, 6.45) is 4.96. The smallest absolute Gasteiger partial charge is 0.125 e. The summed E-state index contributed by atoms with van der Waals surface area (Å²) in [7, 11) is 0. The fourth-order valence-electron chi connectivity index (χ4n) is 3.55. The van der Waals surface area contributed by atoms with Crippen LogP contribution in [0.4, 0.5) is 10.2 Å². The average Bonchev–Trinajstić information content (AvgIpc) is 3.22. The molecule has 1 aromatic carbocycles. The Labute approximate surface area is 140 Å². The second-order valence-corrected chi connectivity index (χ2v) is 6.36. The molecule has 0 radical (unpaired) electrons. The Kier molecular flexibility index (Phi) is 4.17. The first kappa shape index (κ1) is 15.1. The van der Waals surface area contributed by atoms with Crippen LogP contribution in [-0.2, 0) is 0 Å². The molecule has 0 saturated carbocycles. The van der Waals surface area contributed by atoms with Crippen molar-refractivity contribution in [3.63, 3.8) is 0 Å². The van der Waals surface area contributed by atoms with E-state index >= 15 is 0 Å². The van der Waals surface area contributed by atoms with Crippen LogP contribution in [0.3, 0.4) is 0 Å². The van der Waals surface area contributed by atoms with Gasteiger partial charge in [-0.05, 0) is 54.8 Å². The molecule has 0 bridgehead atoms. The van der Waals surface area contributed by atoms with E-state index in [4.69, 9.17) is 0 Å². The van der Waals surface area contributed by atoms with E-state index in [-0.39, 0.29) is 5.82 Å². The zero-order valence-corrected chi connectivity index (χ0v) is 13.5. The number of likely N-dealkylation sites (tertiary alicyclic amines) is 1. The molecule has 1 unspecified atom stereocenters. The van der Waals surface area contributed by atoms with E-state index < -0.39 is 0 Å². The van der Waals surface area contributed by atoms with E-state index in [1.165, 1.54) is 11.6 Å². The van der Waals surface area contributed by atoms with Crippen molar-refractivity contribution in [1.29, 1.82) is 0 Å². The number of aromatic nitrogens is 2. The van der Waals surface area contributed by atoms with Gasteiger partial charge in [-0.1, -0.05) is 6.07 Å². The number of fused-ring (bicyclic) bond motifs is 1. The van der Waals surface area contributed by atoms with Crippen LogP contribution in [0.2, 0.25) is 0 Å². The van der Waals surface area contributed by atoms with Gasteiger partial charge in [0.05, 0.1) is 0 Å². The van der Waals surface area contributed by atoms with Gasteiger partial charge < -0.3 is 15.2 Å². The van der Waals surface area contributed by atoms with Gasteiger partial charge in [0, 0.05) is 42.9 Å². The Balaban J connectivity index is 1.36. The lowest BCUT2D eigenvalue weighted by atomic mass is 9.98. The van der Waals surface area contributed by atoms with Gasteiger partial charge in [-0.3, -0.25) is 0 Å². The number of aromatic amines is 1. The third kappa shape index (κ3) is 3.12. The van der Waals surface area contributed by atoms with E-state index in [0.29, 0.717) is 5.92 Å². The molecular weight excluding hydrogens is 303 g/mol. The van der Waals surface area contributed by atoms with Crippen LogP contribution in [0, 0.1) is 5.82 Å². The molecule has 2 aromatic heterocycles. The molecule has 1 atom stereocenters. The first-order valence-corrected chi connectivity index (χ1v) is 8.43. The topological polar surface area (TPSA) is 44.0 Å². The van der Waals surface area contributed by atoms with Crippen LogP contribution >= 0.6 is 0 Å². The fourth-order valence-corrected chi connectivity index (χ4v) is 3.55. The normalized spacial score (nSPS) is 18.3. The van der Waals surface area contributed by atoms with Crippen molar-refractivity contribution in [3.8, 4) is 0 Å². The van der Waals surface area contributed by atoms with Crippen molar-refractivity contribution < 1.29 is 4.39 Å². The van der Waals surface area contributed by atoms with E-state index in [0.717, 1.165) is 49.3 Å². The molecule has 3 heterocycles. The van der Waals surface area contributed by atoms with Gasteiger partial charge >= 0.3 is 0 Å². The van der Waals surface area contributed by atoms with Crippen molar-refractivity contribution in [1.82, 2.24) is 14.9 Å². The first-order valence-electron chi connectivity index (χ1n) is 8.43. The van der Waals surface area contributed by atoms with E-state index in [2.05, 4.69) is 20.2 Å². The minimum Gasteiger partial charge on any atom is -0.369 e. The van der Waals surface area contributed by atoms with Gasteiger partial charge in [-0.25, -0.2) is 9.37 Å². The molecule has 3 aromatic rings. The summed E-state index contributed by atoms with van der Waals surface area (Å²) in [5.41, 5.74) is 2.26. The Bertz CT molecular complexity index is 815. The zero-order chi connectivity index (χ0) is 16.4. The maximum atomic E-state index is 13.5. The number of rotatable bonds is 5. The number of hydrogen-bond acceptors (Lipinski definition) is 3. The molecule has 4 rings (SSSR count). The lowest BCUT2D eigenvalue weighted by molar-refractivity contribution is 0.348. The lowest BCUT2D eigenvalue weighted by Gasteiger charge is -2.16. The predicted molar refractivity (Wildman–Crippen MR) is 94.8 cm³/mol. The number of pyridine rings is 1. The molecule has 124 valence electrons. The van der Waals surface area contributed by atoms with Crippen LogP contribution < -0.4 is 5.32 Å². The molecule has 1 fully saturated rings. The second-order valence-electron chi connectivity index (χ2n) is 6.36. The van der Waals surface area contributed by atoms with Gasteiger partial charge in [0.2, 0.25) is 0 Å². The molecule has 1 aliphatic heterocycles. The Morgan fingerprint density at radius 1 is 1.29 bits per heavy atom. The fraction of sp³-hybridized carbons (Fsp3) is 0.316. The van der Waals surface area contributed by atoms with Crippen LogP contribution in [0.25, 0.3) is 10.9 Å². The van der Waals surface area contributed by atoms with Gasteiger partial charge in [0.25, 0.3) is 0 Å². The molecule has 1 aliphatic rings. The highest BCUT2D eigenvalue weighted by Crippen LogP contribution is 2.32. The third-order valence-corrected chi connectivity index (χ3v) is 4.79. The van der Waals surface area contributed by atoms with Gasteiger partial charge in [-0.2, -0.15) is 0 Å². The van der Waals surface area contributed by atoms with Crippen molar-refractivity contribution in [2.24, 2.45) is 0 Å². The highest BCUT2D eigenvalue weighted by molar-refractivity contribution is 5.83. The SMILES string of the molecule is Fc1ccc2[nH]cc(C3CCN(CCNc4ccccn4)C3)c2c1. The maximum Gasteiger partial charge on any atom is 0.125 e. The summed E-state index contributed by atoms with van der Waals surface area (Å²) >= 11 is 0. The quantitative estimate of drug-likeness (QED) is 0.753. The standard InChI is InChI=1S/C19H21FN4/c20-15-4-5-18-16(11-15)17(12-23-18)14-6-9-24(13-14)10-8-22-19-3-1-2-7-21-19/h1-5,7,11-12,14,23H,6,8-10,13H2,(H,21,22). The second kappa shape index (κ2) is 6.61. The number of halogens is 1. The Morgan fingerprint density at radius 3 is 3.12 bits per heavy atom. The highest BCUT2D eigenvalue weighted by atomic mass is 19.1. The van der Waals surface area contributed by atoms with Gasteiger partial charge in [0.15, 0.2) is 0 Å². The number of nitrogens with zero attached hydrogens (tertiary/aromatic N) is 2. The van der Waals surface area contributed by atoms with E-state index in [9.17, 15) is 4.39 Å². The van der Waals surface area contributed by atoms with Crippen molar-refractivity contribution in [3.05, 3.63) is 60.2 Å². The van der Waals surface area contributed by atoms with E-state index in [1.54, 1.807) is 12.3 Å². The van der Waals surface area contributed by atoms with Gasteiger partial charge in [-0.15, -0.1) is 0 Å². The molecule has 0 aliphatic carbocycles. The summed E-state index contributed by atoms with van der Waals surface area (Å²) in [6, 6.07) is 10.8. The number of hydrogen-bond donors (Lipinski definition) is 2. The number of nitrogens with one attached hydrogen (secondary N) is 2. The highest BCUT2D eigenvalue weighted by Gasteiger charge is 2.25. The molecule has 4 nitrogen and oxygen atoms in total. The Morgan fingerprint density at radius 2 is 2.25 bits per heavy atom. The largest absolute Gasteiger partial charge is 0.369 e. The summed E-state index contributed by atoms with van der Waals surface area (Å²) in [4.78, 5) is 9.99. The summed E-state index contributed by atoms with van der Waals surface area (Å²) < 4.78 is 13.5. The zero-order valence-electron chi connectivity index (χ0n) is 13.5. The van der Waals surface area contributed by atoms with Crippen LogP contribution in [0.5, 0.6) is 0 Å². The first-order chi connectivity index (χ1) is 11.8. The number of H-pyrrole nitrogens is 1. The average molecular weight is 324 g/mol. The van der Waals surface area contributed by atoms with Crippen LogP contribution in [-0.4, -0.2) is 41.0 Å². The maximum absolute atomic E-state index is 13.5. The lowest BCUT2D eigenvalue weighted by Crippen LogP contribution is -2.26. The minimum atomic E-state index is -0.169. The van der Waals surface area contributed by atoms with Crippen molar-refractivity contribution >= 4 is 16.7 Å². The summed E-state index contributed by atoms with van der Waals surface area (Å²) in [6.45, 7) is 3.97. The van der Waals surface area contributed by atoms with Crippen molar-refractivity contribution in [2.45, 2.75) is 12.3 Å². The summed E-state index contributed by atoms with van der Waals surface area (Å²) in [5, 5.41) is 4.37. The molecule has 1 saturated heterocycles. The van der Waals surface area contributed by atoms with Crippen LogP contribution in [0.15, 0.2) is 48.8 Å². The monoisotopic (exact) mass is 324 g/mol. The van der Waals surface area contributed by atoms with Crippen molar-refractivity contribution in [2.75, 3.05) is 31.5 Å². The molecule has 24 heavy (non-hydrogen) atoms. The van der Waals surface area contributed by atoms with E-state index in [1.807, 2.05) is 30.5 Å². The number of anilines is 1. The predicted octanol–water partition coefficient (Wildman–Crippen LogP) is 3.60. The third-order valence-electron chi connectivity index (χ3n) is 4.79. The molecule has 0 spiro atoms.